The Hall–Kier alpha value is -2.92. The van der Waals surface area contributed by atoms with Crippen molar-refractivity contribution in [1.82, 2.24) is 0 Å². The first kappa shape index (κ1) is 61.1. The quantitative estimate of drug-likeness (QED) is 0.0346. The molecule has 0 bridgehead atoms. The van der Waals surface area contributed by atoms with E-state index in [-0.39, 0.29) is 25.2 Å². The van der Waals surface area contributed by atoms with Crippen molar-refractivity contribution in [2.75, 3.05) is 19.8 Å². The SMILES string of the molecule is CC/C=C\C/C=C\C/C=C\C/C=C\C/C=C\CCCCOCC(COC(=O)CCCCCCCCC/C=C\CCCCCCCC)OC(=O)CCCCCCC/C=C\CCCCCC. The van der Waals surface area contributed by atoms with E-state index in [4.69, 9.17) is 14.2 Å². The molecule has 0 radical (unpaired) electrons. The second kappa shape index (κ2) is 54.4. The van der Waals surface area contributed by atoms with Gasteiger partial charge < -0.3 is 14.2 Å². The molecule has 0 aromatic rings. The van der Waals surface area contributed by atoms with Crippen molar-refractivity contribution < 1.29 is 23.8 Å². The van der Waals surface area contributed by atoms with Gasteiger partial charge in [0, 0.05) is 19.4 Å². The molecule has 5 nitrogen and oxygen atoms in total. The van der Waals surface area contributed by atoms with Gasteiger partial charge in [-0.15, -0.1) is 0 Å². The number of hydrogen-bond donors (Lipinski definition) is 0. The molecule has 0 saturated heterocycles. The molecule has 1 atom stereocenters. The van der Waals surface area contributed by atoms with Gasteiger partial charge in [0.2, 0.25) is 0 Å². The van der Waals surface area contributed by atoms with Gasteiger partial charge in [0.15, 0.2) is 6.10 Å². The molecule has 0 aliphatic carbocycles. The molecule has 0 heterocycles. The topological polar surface area (TPSA) is 61.8 Å². The van der Waals surface area contributed by atoms with Crippen LogP contribution in [-0.2, 0) is 23.8 Å². The van der Waals surface area contributed by atoms with E-state index < -0.39 is 6.10 Å². The van der Waals surface area contributed by atoms with Crippen molar-refractivity contribution in [3.63, 3.8) is 0 Å². The molecule has 0 aromatic carbocycles. The zero-order valence-electron chi connectivity index (χ0n) is 42.3. The van der Waals surface area contributed by atoms with Gasteiger partial charge in [-0.2, -0.15) is 0 Å². The minimum absolute atomic E-state index is 0.0597. The third-order valence-electron chi connectivity index (χ3n) is 11.4. The van der Waals surface area contributed by atoms with E-state index in [0.29, 0.717) is 19.4 Å². The second-order valence-electron chi connectivity index (χ2n) is 17.7. The van der Waals surface area contributed by atoms with E-state index in [1.54, 1.807) is 0 Å². The molecule has 0 N–H and O–H groups in total. The maximum atomic E-state index is 12.8. The van der Waals surface area contributed by atoms with E-state index in [2.05, 4.69) is 106 Å². The molecule has 0 spiro atoms. The average molecular weight is 891 g/mol. The molecule has 0 saturated carbocycles. The summed E-state index contributed by atoms with van der Waals surface area (Å²) in [5.74, 6) is -0.435. The molecule has 0 rings (SSSR count). The van der Waals surface area contributed by atoms with Crippen LogP contribution >= 0.6 is 0 Å². The van der Waals surface area contributed by atoms with Gasteiger partial charge in [0.1, 0.15) is 6.61 Å². The van der Waals surface area contributed by atoms with Gasteiger partial charge in [0.25, 0.3) is 0 Å². The Morgan fingerprint density at radius 1 is 0.359 bits per heavy atom. The van der Waals surface area contributed by atoms with Gasteiger partial charge in [-0.1, -0.05) is 209 Å². The molecule has 1 unspecified atom stereocenters. The summed E-state index contributed by atoms with van der Waals surface area (Å²) >= 11 is 0. The zero-order valence-corrected chi connectivity index (χ0v) is 42.3. The summed E-state index contributed by atoms with van der Waals surface area (Å²) in [7, 11) is 0. The van der Waals surface area contributed by atoms with E-state index >= 15 is 0 Å². The number of carbonyl (C=O) groups excluding carboxylic acids is 2. The molecule has 0 aromatic heterocycles. The molecule has 5 heteroatoms. The van der Waals surface area contributed by atoms with Crippen LogP contribution in [0.25, 0.3) is 0 Å². The van der Waals surface area contributed by atoms with Crippen molar-refractivity contribution in [3.05, 3.63) is 85.1 Å². The van der Waals surface area contributed by atoms with Crippen LogP contribution in [0.5, 0.6) is 0 Å². The summed E-state index contributed by atoms with van der Waals surface area (Å²) in [6, 6.07) is 0. The smallest absolute Gasteiger partial charge is 0.306 e. The minimum Gasteiger partial charge on any atom is -0.462 e. The minimum atomic E-state index is -0.568. The highest BCUT2D eigenvalue weighted by molar-refractivity contribution is 5.70. The van der Waals surface area contributed by atoms with Crippen molar-refractivity contribution in [2.24, 2.45) is 0 Å². The largest absolute Gasteiger partial charge is 0.462 e. The lowest BCUT2D eigenvalue weighted by Gasteiger charge is -2.18. The highest BCUT2D eigenvalue weighted by Crippen LogP contribution is 2.14. The van der Waals surface area contributed by atoms with Crippen LogP contribution in [0.15, 0.2) is 85.1 Å². The Bertz CT molecular complexity index is 1190. The fourth-order valence-electron chi connectivity index (χ4n) is 7.35. The third-order valence-corrected chi connectivity index (χ3v) is 11.4. The molecule has 0 aliphatic rings. The summed E-state index contributed by atoms with van der Waals surface area (Å²) in [6.45, 7) is 7.59. The number of esters is 2. The van der Waals surface area contributed by atoms with Crippen LogP contribution in [0.3, 0.4) is 0 Å². The summed E-state index contributed by atoms with van der Waals surface area (Å²) in [6.07, 6.45) is 71.7. The van der Waals surface area contributed by atoms with Gasteiger partial charge in [0.05, 0.1) is 6.61 Å². The Balaban J connectivity index is 4.36. The van der Waals surface area contributed by atoms with Crippen molar-refractivity contribution in [2.45, 2.75) is 258 Å². The van der Waals surface area contributed by atoms with Crippen LogP contribution in [0.4, 0.5) is 0 Å². The molecular weight excluding hydrogens is 789 g/mol. The maximum absolute atomic E-state index is 12.8. The Kier molecular flexibility index (Phi) is 51.9. The molecule has 0 fully saturated rings. The van der Waals surface area contributed by atoms with Crippen LogP contribution < -0.4 is 0 Å². The monoisotopic (exact) mass is 891 g/mol. The van der Waals surface area contributed by atoms with Crippen molar-refractivity contribution in [3.8, 4) is 0 Å². The van der Waals surface area contributed by atoms with Crippen LogP contribution in [0.2, 0.25) is 0 Å². The number of allylic oxidation sites excluding steroid dienone is 14. The standard InChI is InChI=1S/C59H102O5/c1-4-7-10-13-16-19-22-25-27-29-31-33-36-39-42-45-48-51-54-62-55-57(64-59(61)53-50-47-44-41-38-34-24-21-18-15-12-9-6-3)56-63-58(60)52-49-46-43-40-37-35-32-30-28-26-23-20-17-14-11-8-5-2/h7,10,16,19,21,24-28,31,33,39,42,57H,4-6,8-9,11-15,17-18,20,22-23,29-30,32,34-38,40-41,43-56H2,1-3H3/b10-7-,19-16-,24-21-,27-25-,28-26-,33-31-,42-39-. The average Bonchev–Trinajstić information content (AvgIpc) is 3.30. The summed E-state index contributed by atoms with van der Waals surface area (Å²) < 4.78 is 17.4. The number of unbranched alkanes of at least 4 members (excludes halogenated alkanes) is 24. The molecule has 0 amide bonds. The lowest BCUT2D eigenvalue weighted by molar-refractivity contribution is -0.163. The van der Waals surface area contributed by atoms with E-state index in [1.807, 2.05) is 0 Å². The zero-order chi connectivity index (χ0) is 46.3. The van der Waals surface area contributed by atoms with Crippen molar-refractivity contribution >= 4 is 11.9 Å². The number of rotatable bonds is 49. The highest BCUT2D eigenvalue weighted by Gasteiger charge is 2.17. The molecular formula is C59H102O5. The van der Waals surface area contributed by atoms with Gasteiger partial charge in [-0.3, -0.25) is 9.59 Å². The lowest BCUT2D eigenvalue weighted by atomic mass is 10.1. The Morgan fingerprint density at radius 3 is 1.16 bits per heavy atom. The predicted molar refractivity (Wildman–Crippen MR) is 279 cm³/mol. The summed E-state index contributed by atoms with van der Waals surface area (Å²) in [5, 5.41) is 0. The Morgan fingerprint density at radius 2 is 0.703 bits per heavy atom. The summed E-state index contributed by atoms with van der Waals surface area (Å²) in [5.41, 5.74) is 0. The predicted octanol–water partition coefficient (Wildman–Crippen LogP) is 18.5. The van der Waals surface area contributed by atoms with Gasteiger partial charge in [-0.25, -0.2) is 0 Å². The molecule has 0 aliphatic heterocycles. The fraction of sp³-hybridized carbons (Fsp3) is 0.729. The second-order valence-corrected chi connectivity index (χ2v) is 17.7. The van der Waals surface area contributed by atoms with E-state index in [9.17, 15) is 9.59 Å². The first-order chi connectivity index (χ1) is 31.6. The van der Waals surface area contributed by atoms with Crippen LogP contribution in [0, 0.1) is 0 Å². The van der Waals surface area contributed by atoms with Crippen molar-refractivity contribution in [1.29, 1.82) is 0 Å². The van der Waals surface area contributed by atoms with Crippen LogP contribution in [-0.4, -0.2) is 37.9 Å². The number of ether oxygens (including phenoxy) is 3. The highest BCUT2D eigenvalue weighted by atomic mass is 16.6. The molecule has 368 valence electrons. The first-order valence-corrected chi connectivity index (χ1v) is 27.1. The lowest BCUT2D eigenvalue weighted by Crippen LogP contribution is -2.30. The number of carbonyl (C=O) groups is 2. The van der Waals surface area contributed by atoms with E-state index in [0.717, 1.165) is 96.3 Å². The van der Waals surface area contributed by atoms with E-state index in [1.165, 1.54) is 122 Å². The Labute approximate surface area is 397 Å². The fourth-order valence-corrected chi connectivity index (χ4v) is 7.35. The maximum Gasteiger partial charge on any atom is 0.306 e. The first-order valence-electron chi connectivity index (χ1n) is 27.1. The number of hydrogen-bond acceptors (Lipinski definition) is 5. The van der Waals surface area contributed by atoms with Gasteiger partial charge >= 0.3 is 11.9 Å². The van der Waals surface area contributed by atoms with Gasteiger partial charge in [-0.05, 0) is 116 Å². The normalized spacial score (nSPS) is 12.9. The third kappa shape index (κ3) is 51.7. The summed E-state index contributed by atoms with van der Waals surface area (Å²) in [4.78, 5) is 25.4. The molecule has 64 heavy (non-hydrogen) atoms. The van der Waals surface area contributed by atoms with Crippen LogP contribution in [0.1, 0.15) is 252 Å².